The van der Waals surface area contributed by atoms with Gasteiger partial charge in [-0.2, -0.15) is 0 Å². The van der Waals surface area contributed by atoms with Gasteiger partial charge >= 0.3 is 0 Å². The highest BCUT2D eigenvalue weighted by Gasteiger charge is 2.15. The van der Waals surface area contributed by atoms with E-state index in [0.29, 0.717) is 6.54 Å². The second-order valence-corrected chi connectivity index (χ2v) is 5.40. The molecule has 0 fully saturated rings. The highest BCUT2D eigenvalue weighted by Crippen LogP contribution is 2.19. The van der Waals surface area contributed by atoms with Crippen LogP contribution in [0.2, 0.25) is 0 Å². The Labute approximate surface area is 126 Å². The lowest BCUT2D eigenvalue weighted by Gasteiger charge is -2.18. The number of amides is 1. The smallest absolute Gasteiger partial charge is 0.254 e. The largest absolute Gasteiger partial charge is 0.342 e. The Kier molecular flexibility index (Phi) is 5.28. The van der Waals surface area contributed by atoms with Crippen LogP contribution in [-0.2, 0) is 0 Å². The molecule has 1 aromatic carbocycles. The molecule has 1 aromatic heterocycles. The molecule has 0 spiro atoms. The molecule has 2 rings (SSSR count). The van der Waals surface area contributed by atoms with Gasteiger partial charge in [0.25, 0.3) is 5.91 Å². The molecular formula is C17H23N3O. The van der Waals surface area contributed by atoms with E-state index in [2.05, 4.69) is 4.98 Å². The Balaban J connectivity index is 2.18. The van der Waals surface area contributed by atoms with Crippen LogP contribution in [0.25, 0.3) is 10.9 Å². The molecule has 1 heterocycles. The zero-order valence-electron chi connectivity index (χ0n) is 12.8. The van der Waals surface area contributed by atoms with Gasteiger partial charge in [0.05, 0.1) is 11.1 Å². The van der Waals surface area contributed by atoms with Crippen LogP contribution in [0.5, 0.6) is 0 Å². The topological polar surface area (TPSA) is 59.2 Å². The molecule has 112 valence electrons. The number of carbonyl (C=O) groups excluding carboxylic acids is 1. The lowest BCUT2D eigenvalue weighted by Crippen LogP contribution is -2.28. The summed E-state index contributed by atoms with van der Waals surface area (Å²) >= 11 is 0. The van der Waals surface area contributed by atoms with E-state index in [1.165, 1.54) is 0 Å². The van der Waals surface area contributed by atoms with Crippen molar-refractivity contribution in [2.24, 2.45) is 5.73 Å². The molecule has 21 heavy (non-hydrogen) atoms. The van der Waals surface area contributed by atoms with Crippen LogP contribution in [0.15, 0.2) is 30.3 Å². The number of hydrogen-bond acceptors (Lipinski definition) is 3. The quantitative estimate of drug-likeness (QED) is 0.830. The first kappa shape index (κ1) is 15.4. The van der Waals surface area contributed by atoms with Crippen LogP contribution in [0.3, 0.4) is 0 Å². The van der Waals surface area contributed by atoms with Crippen molar-refractivity contribution in [3.63, 3.8) is 0 Å². The molecule has 0 atom stereocenters. The number of hydrogen-bond donors (Lipinski definition) is 1. The first-order valence-corrected chi connectivity index (χ1v) is 7.45. The number of fused-ring (bicyclic) bond motifs is 1. The van der Waals surface area contributed by atoms with Crippen LogP contribution >= 0.6 is 0 Å². The minimum absolute atomic E-state index is 0.0597. The number of nitrogens with two attached hydrogens (primary N) is 1. The number of nitrogens with zero attached hydrogens (tertiary/aromatic N) is 2. The standard InChI is InChI=1S/C17H23N3O/c1-13-12-15(14-8-4-5-9-16(14)19-13)17(21)20(2)11-7-3-6-10-18/h4-5,8-9,12H,3,6-7,10-11,18H2,1-2H3. The maximum absolute atomic E-state index is 12.6. The molecule has 0 bridgehead atoms. The molecule has 0 aliphatic rings. The van der Waals surface area contributed by atoms with Gasteiger partial charge < -0.3 is 10.6 Å². The van der Waals surface area contributed by atoms with E-state index in [-0.39, 0.29) is 5.91 Å². The van der Waals surface area contributed by atoms with Crippen LogP contribution in [-0.4, -0.2) is 35.9 Å². The van der Waals surface area contributed by atoms with Crippen molar-refractivity contribution in [2.45, 2.75) is 26.2 Å². The summed E-state index contributed by atoms with van der Waals surface area (Å²) in [4.78, 5) is 18.9. The summed E-state index contributed by atoms with van der Waals surface area (Å²) in [5.41, 5.74) is 7.96. The van der Waals surface area contributed by atoms with Crippen LogP contribution in [0.1, 0.15) is 35.3 Å². The summed E-state index contributed by atoms with van der Waals surface area (Å²) in [5, 5.41) is 0.918. The Bertz CT molecular complexity index is 624. The predicted octanol–water partition coefficient (Wildman–Crippen LogP) is 2.74. The highest BCUT2D eigenvalue weighted by atomic mass is 16.2. The van der Waals surface area contributed by atoms with E-state index in [4.69, 9.17) is 5.73 Å². The summed E-state index contributed by atoms with van der Waals surface area (Å²) in [6.45, 7) is 3.39. The summed E-state index contributed by atoms with van der Waals surface area (Å²) in [7, 11) is 1.86. The van der Waals surface area contributed by atoms with E-state index in [1.807, 2.05) is 44.3 Å². The molecule has 0 saturated carbocycles. The fraction of sp³-hybridized carbons (Fsp3) is 0.412. The first-order valence-electron chi connectivity index (χ1n) is 7.45. The van der Waals surface area contributed by atoms with E-state index < -0.39 is 0 Å². The number of benzene rings is 1. The van der Waals surface area contributed by atoms with Crippen molar-refractivity contribution < 1.29 is 4.79 Å². The van der Waals surface area contributed by atoms with Crippen LogP contribution in [0, 0.1) is 6.92 Å². The van der Waals surface area contributed by atoms with Gasteiger partial charge in [-0.3, -0.25) is 9.78 Å². The van der Waals surface area contributed by atoms with Crippen LogP contribution < -0.4 is 5.73 Å². The third kappa shape index (κ3) is 3.79. The van der Waals surface area contributed by atoms with Gasteiger partial charge in [-0.25, -0.2) is 0 Å². The number of rotatable bonds is 6. The summed E-state index contributed by atoms with van der Waals surface area (Å²) in [5.74, 6) is 0.0597. The maximum Gasteiger partial charge on any atom is 0.254 e. The van der Waals surface area contributed by atoms with Gasteiger partial charge in [0.1, 0.15) is 0 Å². The van der Waals surface area contributed by atoms with Crippen molar-refractivity contribution in [1.82, 2.24) is 9.88 Å². The van der Waals surface area contributed by atoms with Crippen LogP contribution in [0.4, 0.5) is 0 Å². The van der Waals surface area contributed by atoms with Gasteiger partial charge in [-0.05, 0) is 38.4 Å². The fourth-order valence-corrected chi connectivity index (χ4v) is 2.46. The second kappa shape index (κ2) is 7.18. The zero-order chi connectivity index (χ0) is 15.2. The molecular weight excluding hydrogens is 262 g/mol. The Morgan fingerprint density at radius 2 is 2.00 bits per heavy atom. The normalized spacial score (nSPS) is 10.8. The number of pyridine rings is 1. The number of aromatic nitrogens is 1. The summed E-state index contributed by atoms with van der Waals surface area (Å²) in [6, 6.07) is 9.66. The van der Waals surface area contributed by atoms with Crippen molar-refractivity contribution in [2.75, 3.05) is 20.1 Å². The lowest BCUT2D eigenvalue weighted by atomic mass is 10.1. The molecule has 2 aromatic rings. The molecule has 4 nitrogen and oxygen atoms in total. The number of unbranched alkanes of at least 4 members (excludes halogenated alkanes) is 2. The highest BCUT2D eigenvalue weighted by molar-refractivity contribution is 6.06. The first-order chi connectivity index (χ1) is 10.1. The minimum Gasteiger partial charge on any atom is -0.342 e. The molecule has 1 amide bonds. The molecule has 0 aliphatic carbocycles. The Hall–Kier alpha value is -1.94. The number of carbonyl (C=O) groups is 1. The van der Waals surface area contributed by atoms with E-state index >= 15 is 0 Å². The lowest BCUT2D eigenvalue weighted by molar-refractivity contribution is 0.0794. The summed E-state index contributed by atoms with van der Waals surface area (Å²) in [6.07, 6.45) is 3.06. The minimum atomic E-state index is 0.0597. The van der Waals surface area contributed by atoms with Crippen molar-refractivity contribution >= 4 is 16.8 Å². The van der Waals surface area contributed by atoms with Gasteiger partial charge in [0.2, 0.25) is 0 Å². The third-order valence-electron chi connectivity index (χ3n) is 3.62. The Morgan fingerprint density at radius 1 is 1.24 bits per heavy atom. The second-order valence-electron chi connectivity index (χ2n) is 5.40. The van der Waals surface area contributed by atoms with Crippen molar-refractivity contribution in [3.8, 4) is 0 Å². The molecule has 0 aliphatic heterocycles. The van der Waals surface area contributed by atoms with E-state index in [0.717, 1.165) is 48.0 Å². The van der Waals surface area contributed by atoms with Gasteiger partial charge in [0, 0.05) is 24.7 Å². The third-order valence-corrected chi connectivity index (χ3v) is 3.62. The molecule has 0 radical (unpaired) electrons. The van der Waals surface area contributed by atoms with Gasteiger partial charge in [-0.15, -0.1) is 0 Å². The number of aryl methyl sites for hydroxylation is 1. The maximum atomic E-state index is 12.6. The van der Waals surface area contributed by atoms with Crippen molar-refractivity contribution in [1.29, 1.82) is 0 Å². The Morgan fingerprint density at radius 3 is 2.76 bits per heavy atom. The average molecular weight is 285 g/mol. The van der Waals surface area contributed by atoms with E-state index in [9.17, 15) is 4.79 Å². The molecule has 0 saturated heterocycles. The predicted molar refractivity (Wildman–Crippen MR) is 86.3 cm³/mol. The number of para-hydroxylation sites is 1. The SMILES string of the molecule is Cc1cc(C(=O)N(C)CCCCCN)c2ccccc2n1. The summed E-state index contributed by atoms with van der Waals surface area (Å²) < 4.78 is 0. The molecule has 0 unspecified atom stereocenters. The average Bonchev–Trinajstić information content (AvgIpc) is 2.49. The fourth-order valence-electron chi connectivity index (χ4n) is 2.46. The van der Waals surface area contributed by atoms with Crippen molar-refractivity contribution in [3.05, 3.63) is 41.6 Å². The van der Waals surface area contributed by atoms with Gasteiger partial charge in [-0.1, -0.05) is 24.6 Å². The zero-order valence-corrected chi connectivity index (χ0v) is 12.8. The monoisotopic (exact) mass is 285 g/mol. The molecule has 4 heteroatoms. The van der Waals surface area contributed by atoms with E-state index in [1.54, 1.807) is 4.90 Å². The van der Waals surface area contributed by atoms with Gasteiger partial charge in [0.15, 0.2) is 0 Å². The molecule has 2 N–H and O–H groups in total.